The molecule has 2 aromatic carbocycles. The van der Waals surface area contributed by atoms with Crippen LogP contribution in [0.3, 0.4) is 0 Å². The highest BCUT2D eigenvalue weighted by molar-refractivity contribution is 5.78. The van der Waals surface area contributed by atoms with Crippen LogP contribution >= 0.6 is 0 Å². The van der Waals surface area contributed by atoms with E-state index in [1.54, 1.807) is 0 Å². The molecule has 3 aliphatic heterocycles. The zero-order valence-electron chi connectivity index (χ0n) is 29.5. The van der Waals surface area contributed by atoms with E-state index in [1.165, 1.54) is 29.7 Å². The number of carbonyl (C=O) groups excluding carboxylic acids is 1. The van der Waals surface area contributed by atoms with Crippen molar-refractivity contribution in [1.82, 2.24) is 29.6 Å². The van der Waals surface area contributed by atoms with Crippen molar-refractivity contribution >= 4 is 5.91 Å². The van der Waals surface area contributed by atoms with E-state index in [4.69, 9.17) is 9.97 Å². The number of fused-ring (bicyclic) bond motifs is 4. The molecule has 1 amide bonds. The standard InChI is InChI=1S/C43H52N6O/c1-34(48-22-18-37(19-23-48)26-35-10-4-2-5-11-35)28-46-29-39-14-8-16-41(44-39)31-47(32-42-17-9-15-40(30-46)45-42)33-43(50)49-24-20-38(21-25-49)27-36-12-6-3-7-13-36/h2-17,37-38H,1,18-33H2. The lowest BCUT2D eigenvalue weighted by Crippen LogP contribution is -2.44. The molecule has 0 unspecified atom stereocenters. The topological polar surface area (TPSA) is 55.8 Å². The maximum atomic E-state index is 13.7. The van der Waals surface area contributed by atoms with Crippen molar-refractivity contribution in [3.63, 3.8) is 0 Å². The first-order chi connectivity index (χ1) is 24.5. The number of nitrogens with zero attached hydrogens (tertiary/aromatic N) is 6. The number of hydrogen-bond acceptors (Lipinski definition) is 6. The maximum absolute atomic E-state index is 13.7. The summed E-state index contributed by atoms with van der Waals surface area (Å²) in [7, 11) is 0. The van der Waals surface area contributed by atoms with Crippen molar-refractivity contribution in [1.29, 1.82) is 0 Å². The predicted molar refractivity (Wildman–Crippen MR) is 200 cm³/mol. The molecule has 7 rings (SSSR count). The Balaban J connectivity index is 0.969. The SMILES string of the molecule is C=C(CN1Cc2cccc(n2)CN(CC(=O)N2CCC(Cc3ccccc3)CC2)Cc2cccc(n2)C1)N1CCC(Cc2ccccc2)CC1. The third kappa shape index (κ3) is 9.46. The number of piperidine rings is 2. The number of rotatable bonds is 9. The van der Waals surface area contributed by atoms with Crippen LogP contribution in [0.1, 0.15) is 59.6 Å². The lowest BCUT2D eigenvalue weighted by molar-refractivity contribution is -0.134. The lowest BCUT2D eigenvalue weighted by Gasteiger charge is -2.36. The molecule has 50 heavy (non-hydrogen) atoms. The van der Waals surface area contributed by atoms with Crippen molar-refractivity contribution in [3.05, 3.63) is 143 Å². The first-order valence-electron chi connectivity index (χ1n) is 18.6. The Kier molecular flexibility index (Phi) is 11.3. The summed E-state index contributed by atoms with van der Waals surface area (Å²) in [6, 6.07) is 34.3. The van der Waals surface area contributed by atoms with Crippen molar-refractivity contribution in [3.8, 4) is 0 Å². The summed E-state index contributed by atoms with van der Waals surface area (Å²) in [6.45, 7) is 12.2. The van der Waals surface area contributed by atoms with Gasteiger partial charge >= 0.3 is 0 Å². The quantitative estimate of drug-likeness (QED) is 0.197. The summed E-state index contributed by atoms with van der Waals surface area (Å²) < 4.78 is 0. The molecule has 5 heterocycles. The first-order valence-corrected chi connectivity index (χ1v) is 18.6. The van der Waals surface area contributed by atoms with Crippen LogP contribution in [0.15, 0.2) is 109 Å². The Bertz CT molecular complexity index is 1530. The molecular weight excluding hydrogens is 617 g/mol. The molecule has 2 aromatic heterocycles. The number of likely N-dealkylation sites (tertiary alicyclic amines) is 2. The van der Waals surface area contributed by atoms with Crippen molar-refractivity contribution in [2.75, 3.05) is 39.3 Å². The van der Waals surface area contributed by atoms with Gasteiger partial charge in [0.2, 0.25) is 5.91 Å². The Morgan fingerprint density at radius 2 is 0.940 bits per heavy atom. The molecule has 0 N–H and O–H groups in total. The van der Waals surface area contributed by atoms with Gasteiger partial charge in [-0.3, -0.25) is 24.6 Å². The smallest absolute Gasteiger partial charge is 0.236 e. The van der Waals surface area contributed by atoms with Crippen LogP contribution in [-0.2, 0) is 43.8 Å². The molecule has 0 atom stereocenters. The van der Waals surface area contributed by atoms with Gasteiger partial charge in [-0.05, 0) is 85.8 Å². The van der Waals surface area contributed by atoms with Gasteiger partial charge < -0.3 is 9.80 Å². The lowest BCUT2D eigenvalue weighted by atomic mass is 9.90. The van der Waals surface area contributed by atoms with Crippen molar-refractivity contribution in [2.24, 2.45) is 11.8 Å². The van der Waals surface area contributed by atoms with Gasteiger partial charge in [0.25, 0.3) is 0 Å². The van der Waals surface area contributed by atoms with E-state index in [0.717, 1.165) is 100 Å². The maximum Gasteiger partial charge on any atom is 0.236 e. The van der Waals surface area contributed by atoms with Crippen LogP contribution in [0.5, 0.6) is 0 Å². The van der Waals surface area contributed by atoms with E-state index in [1.807, 2.05) is 0 Å². The van der Waals surface area contributed by atoms with Crippen LogP contribution in [0.2, 0.25) is 0 Å². The summed E-state index contributed by atoms with van der Waals surface area (Å²) in [4.78, 5) is 33.1. The van der Waals surface area contributed by atoms with Gasteiger partial charge in [0.05, 0.1) is 29.3 Å². The fourth-order valence-electron chi connectivity index (χ4n) is 8.05. The molecule has 0 aliphatic carbocycles. The van der Waals surface area contributed by atoms with E-state index in [-0.39, 0.29) is 5.91 Å². The van der Waals surface area contributed by atoms with Crippen LogP contribution < -0.4 is 0 Å². The van der Waals surface area contributed by atoms with E-state index in [2.05, 4.69) is 123 Å². The highest BCUT2D eigenvalue weighted by atomic mass is 16.2. The minimum Gasteiger partial charge on any atom is -0.374 e. The summed E-state index contributed by atoms with van der Waals surface area (Å²) in [5, 5.41) is 0. The largest absolute Gasteiger partial charge is 0.374 e. The molecule has 3 aliphatic rings. The zero-order valence-corrected chi connectivity index (χ0v) is 29.5. The number of amides is 1. The molecule has 0 radical (unpaired) electrons. The highest BCUT2D eigenvalue weighted by Gasteiger charge is 2.26. The normalized spacial score (nSPS) is 18.3. The fraction of sp³-hybridized carbons (Fsp3) is 0.419. The molecule has 0 saturated carbocycles. The van der Waals surface area contributed by atoms with Gasteiger partial charge in [-0.1, -0.05) is 79.4 Å². The third-order valence-electron chi connectivity index (χ3n) is 10.8. The Morgan fingerprint density at radius 3 is 1.38 bits per heavy atom. The second-order valence-electron chi connectivity index (χ2n) is 14.7. The number of benzene rings is 2. The van der Waals surface area contributed by atoms with Crippen LogP contribution in [0.4, 0.5) is 0 Å². The minimum absolute atomic E-state index is 0.205. The molecule has 0 spiro atoms. The van der Waals surface area contributed by atoms with Crippen LogP contribution in [0, 0.1) is 11.8 Å². The Labute approximate surface area is 298 Å². The third-order valence-corrected chi connectivity index (χ3v) is 10.8. The second-order valence-corrected chi connectivity index (χ2v) is 14.7. The number of hydrogen-bond donors (Lipinski definition) is 0. The number of pyridine rings is 2. The Morgan fingerprint density at radius 1 is 0.540 bits per heavy atom. The average Bonchev–Trinajstić information content (AvgIpc) is 3.13. The number of carbonyl (C=O) groups is 1. The van der Waals surface area contributed by atoms with Gasteiger partial charge in [0.1, 0.15) is 0 Å². The summed E-state index contributed by atoms with van der Waals surface area (Å²) in [5.74, 6) is 1.57. The zero-order chi connectivity index (χ0) is 34.1. The molecule has 260 valence electrons. The van der Waals surface area contributed by atoms with E-state index < -0.39 is 0 Å². The highest BCUT2D eigenvalue weighted by Crippen LogP contribution is 2.25. The van der Waals surface area contributed by atoms with Gasteiger partial charge in [0.15, 0.2) is 0 Å². The van der Waals surface area contributed by atoms with Gasteiger partial charge in [-0.2, -0.15) is 0 Å². The van der Waals surface area contributed by atoms with Gasteiger partial charge in [-0.15, -0.1) is 0 Å². The average molecular weight is 669 g/mol. The molecule has 2 fully saturated rings. The fourth-order valence-corrected chi connectivity index (χ4v) is 8.05. The predicted octanol–water partition coefficient (Wildman–Crippen LogP) is 6.74. The van der Waals surface area contributed by atoms with E-state index in [0.29, 0.717) is 25.6 Å². The van der Waals surface area contributed by atoms with Gasteiger partial charge in [0, 0.05) is 64.6 Å². The van der Waals surface area contributed by atoms with Crippen LogP contribution in [-0.4, -0.2) is 74.7 Å². The molecule has 4 bridgehead atoms. The summed E-state index contributed by atoms with van der Waals surface area (Å²) >= 11 is 0. The molecule has 7 heteroatoms. The molecule has 2 saturated heterocycles. The van der Waals surface area contributed by atoms with Gasteiger partial charge in [-0.25, -0.2) is 0 Å². The monoisotopic (exact) mass is 668 g/mol. The van der Waals surface area contributed by atoms with E-state index in [9.17, 15) is 4.79 Å². The van der Waals surface area contributed by atoms with E-state index >= 15 is 0 Å². The first kappa shape index (κ1) is 34.1. The second kappa shape index (κ2) is 16.6. The van der Waals surface area contributed by atoms with Crippen molar-refractivity contribution in [2.45, 2.75) is 64.7 Å². The van der Waals surface area contributed by atoms with Crippen molar-refractivity contribution < 1.29 is 4.79 Å². The van der Waals surface area contributed by atoms with Crippen LogP contribution in [0.25, 0.3) is 0 Å². The summed E-state index contributed by atoms with van der Waals surface area (Å²) in [5.41, 5.74) is 8.08. The Hall–Kier alpha value is -4.33. The molecule has 4 aromatic rings. The summed E-state index contributed by atoms with van der Waals surface area (Å²) in [6.07, 6.45) is 6.78. The number of aromatic nitrogens is 2. The molecule has 7 nitrogen and oxygen atoms in total. The minimum atomic E-state index is 0.205. The molecular formula is C43H52N6O.